The second-order valence-electron chi connectivity index (χ2n) is 9.69. The van der Waals surface area contributed by atoms with E-state index >= 15 is 0 Å². The predicted molar refractivity (Wildman–Crippen MR) is 124 cm³/mol. The molecule has 3 aliphatic heterocycles. The fourth-order valence-electron chi connectivity index (χ4n) is 4.69. The van der Waals surface area contributed by atoms with Crippen molar-refractivity contribution < 1.29 is 74.1 Å². The van der Waals surface area contributed by atoms with E-state index in [2.05, 4.69) is 5.32 Å². The van der Waals surface area contributed by atoms with Gasteiger partial charge in [-0.1, -0.05) is 0 Å². The molecule has 0 spiro atoms. The summed E-state index contributed by atoms with van der Waals surface area (Å²) in [6, 6.07) is -1.21. The second kappa shape index (κ2) is 14.2. The maximum Gasteiger partial charge on any atom is 0.217 e. The predicted octanol–water partition coefficient (Wildman–Crippen LogP) is -6.42. The van der Waals surface area contributed by atoms with E-state index in [1.54, 1.807) is 0 Å². The molecule has 0 bridgehead atoms. The second-order valence-corrected chi connectivity index (χ2v) is 9.69. The fraction of sp³-hybridized carbons (Fsp3) is 0.955. The molecule has 228 valence electrons. The zero-order valence-corrected chi connectivity index (χ0v) is 21.5. The lowest BCUT2D eigenvalue weighted by Crippen LogP contribution is -2.69. The zero-order chi connectivity index (χ0) is 29.0. The van der Waals surface area contributed by atoms with E-state index in [9.17, 15) is 45.6 Å². The first-order chi connectivity index (χ1) is 18.4. The number of carbonyl (C=O) groups is 1. The number of amides is 1. The van der Waals surface area contributed by atoms with Gasteiger partial charge >= 0.3 is 0 Å². The summed E-state index contributed by atoms with van der Waals surface area (Å²) >= 11 is 0. The molecule has 0 radical (unpaired) electrons. The summed E-state index contributed by atoms with van der Waals surface area (Å²) in [4.78, 5) is 12.0. The summed E-state index contributed by atoms with van der Waals surface area (Å²) in [5.41, 5.74) is 5.50. The highest BCUT2D eigenvalue weighted by molar-refractivity contribution is 5.73. The van der Waals surface area contributed by atoms with Crippen molar-refractivity contribution in [2.45, 2.75) is 106 Å². The van der Waals surface area contributed by atoms with Crippen molar-refractivity contribution in [1.29, 1.82) is 0 Å². The van der Waals surface area contributed by atoms with Gasteiger partial charge < -0.3 is 80.3 Å². The molecule has 3 saturated heterocycles. The topological polar surface area (TPSA) is 272 Å². The Morgan fingerprint density at radius 3 is 1.95 bits per heavy atom. The Morgan fingerprint density at radius 1 is 0.769 bits per heavy atom. The molecule has 17 nitrogen and oxygen atoms in total. The van der Waals surface area contributed by atoms with Crippen LogP contribution in [0.1, 0.15) is 13.8 Å². The van der Waals surface area contributed by atoms with Crippen molar-refractivity contribution in [3.05, 3.63) is 0 Å². The lowest BCUT2D eigenvalue weighted by molar-refractivity contribution is -0.381. The largest absolute Gasteiger partial charge is 0.394 e. The van der Waals surface area contributed by atoms with Gasteiger partial charge in [0.25, 0.3) is 0 Å². The third-order valence-electron chi connectivity index (χ3n) is 6.84. The molecule has 0 aromatic carbocycles. The minimum Gasteiger partial charge on any atom is -0.394 e. The van der Waals surface area contributed by atoms with Crippen LogP contribution >= 0.6 is 0 Å². The van der Waals surface area contributed by atoms with Gasteiger partial charge in [0.1, 0.15) is 67.1 Å². The normalized spacial score (nSPS) is 47.1. The molecule has 3 aliphatic rings. The van der Waals surface area contributed by atoms with Crippen LogP contribution in [-0.2, 0) is 33.2 Å². The quantitative estimate of drug-likeness (QED) is 0.116. The van der Waals surface area contributed by atoms with E-state index in [4.69, 9.17) is 34.2 Å². The van der Waals surface area contributed by atoms with Crippen LogP contribution < -0.4 is 11.1 Å². The molecule has 3 rings (SSSR count). The summed E-state index contributed by atoms with van der Waals surface area (Å²) < 4.78 is 33.8. The van der Waals surface area contributed by atoms with Gasteiger partial charge in [-0.15, -0.1) is 0 Å². The number of hydrogen-bond donors (Lipinski definition) is 10. The van der Waals surface area contributed by atoms with Gasteiger partial charge in [0.15, 0.2) is 18.9 Å². The Labute approximate surface area is 223 Å². The SMILES string of the molecule is CC(=O)N[C@H]1[C@H](OCCN)O[C@H](CO)[C@@H](O)[C@@H]1O[C@@H]1O[C@H](CO)[C@H](O)[C@H](O)[C@H]1O[C@@H]1O[C@@H](C)[C@@H](O)[C@@H](O)[C@@H]1O. The lowest BCUT2D eigenvalue weighted by Gasteiger charge is -2.49. The molecule has 0 aromatic rings. The number of rotatable bonds is 10. The van der Waals surface area contributed by atoms with Gasteiger partial charge in [-0.3, -0.25) is 4.79 Å². The van der Waals surface area contributed by atoms with Gasteiger partial charge in [-0.25, -0.2) is 0 Å². The van der Waals surface area contributed by atoms with Crippen LogP contribution in [-0.4, -0.2) is 165 Å². The Bertz CT molecular complexity index is 782. The summed E-state index contributed by atoms with van der Waals surface area (Å²) in [6.45, 7) is 1.22. The van der Waals surface area contributed by atoms with E-state index in [-0.39, 0.29) is 13.2 Å². The lowest BCUT2D eigenvalue weighted by atomic mass is 9.95. The molecule has 0 unspecified atom stereocenters. The molecule has 3 fully saturated rings. The summed E-state index contributed by atoms with van der Waals surface area (Å²) in [6.07, 6.45) is -21.4. The number of aliphatic hydroxyl groups excluding tert-OH is 8. The highest BCUT2D eigenvalue weighted by atomic mass is 16.8. The monoisotopic (exact) mass is 572 g/mol. The van der Waals surface area contributed by atoms with E-state index in [1.807, 2.05) is 0 Å². The molecule has 0 aromatic heterocycles. The van der Waals surface area contributed by atoms with Crippen LogP contribution in [0.3, 0.4) is 0 Å². The van der Waals surface area contributed by atoms with E-state index in [0.717, 1.165) is 0 Å². The molecule has 11 N–H and O–H groups in total. The summed E-state index contributed by atoms with van der Waals surface area (Å²) in [5, 5.41) is 84.8. The highest BCUT2D eigenvalue weighted by Gasteiger charge is 2.54. The first kappa shape index (κ1) is 32.4. The number of nitrogens with two attached hydrogens (primary N) is 1. The summed E-state index contributed by atoms with van der Waals surface area (Å²) in [5.74, 6) is -0.561. The molecule has 39 heavy (non-hydrogen) atoms. The Balaban J connectivity index is 1.92. The number of hydrogen-bond acceptors (Lipinski definition) is 16. The van der Waals surface area contributed by atoms with Crippen LogP contribution in [0, 0.1) is 0 Å². The first-order valence-corrected chi connectivity index (χ1v) is 12.6. The van der Waals surface area contributed by atoms with Crippen molar-refractivity contribution in [1.82, 2.24) is 5.32 Å². The van der Waals surface area contributed by atoms with Crippen LogP contribution in [0.15, 0.2) is 0 Å². The average Bonchev–Trinajstić information content (AvgIpc) is 2.90. The number of carbonyl (C=O) groups excluding carboxylic acids is 1. The Morgan fingerprint density at radius 2 is 1.36 bits per heavy atom. The van der Waals surface area contributed by atoms with Gasteiger partial charge in [-0.2, -0.15) is 0 Å². The molecular formula is C22H40N2O15. The molecule has 0 saturated carbocycles. The van der Waals surface area contributed by atoms with Gasteiger partial charge in [0, 0.05) is 13.5 Å². The van der Waals surface area contributed by atoms with Gasteiger partial charge in [0.2, 0.25) is 5.91 Å². The van der Waals surface area contributed by atoms with E-state index in [0.29, 0.717) is 0 Å². The molecule has 15 atom stereocenters. The summed E-state index contributed by atoms with van der Waals surface area (Å²) in [7, 11) is 0. The molecular weight excluding hydrogens is 532 g/mol. The third kappa shape index (κ3) is 7.21. The molecule has 17 heteroatoms. The standard InChI is InChI=1S/C22H40N2O15/c1-7-12(28)15(31)17(33)21(35-7)39-19-16(32)13(29)9(5-25)37-22(19)38-18-11(24-8(2)27)20(34-4-3-23)36-10(6-26)14(18)30/h7,9-22,25-26,28-33H,3-6,23H2,1-2H3,(H,24,27)/t7-,9+,10+,11+,12+,13-,14+,15+,16-,17-,18+,19+,20+,21-,22-/m0/s1. The van der Waals surface area contributed by atoms with Crippen LogP contribution in [0.25, 0.3) is 0 Å². The van der Waals surface area contributed by atoms with Crippen molar-refractivity contribution in [3.8, 4) is 0 Å². The van der Waals surface area contributed by atoms with Crippen LogP contribution in [0.4, 0.5) is 0 Å². The van der Waals surface area contributed by atoms with Crippen LogP contribution in [0.5, 0.6) is 0 Å². The molecule has 3 heterocycles. The van der Waals surface area contributed by atoms with Crippen molar-refractivity contribution in [3.63, 3.8) is 0 Å². The highest BCUT2D eigenvalue weighted by Crippen LogP contribution is 2.33. The van der Waals surface area contributed by atoms with Gasteiger partial charge in [0.05, 0.1) is 25.9 Å². The molecule has 1 amide bonds. The van der Waals surface area contributed by atoms with E-state index < -0.39 is 111 Å². The maximum atomic E-state index is 12.0. The zero-order valence-electron chi connectivity index (χ0n) is 21.5. The Kier molecular flexibility index (Phi) is 11.8. The number of ether oxygens (including phenoxy) is 6. The first-order valence-electron chi connectivity index (χ1n) is 12.6. The maximum absolute atomic E-state index is 12.0. The van der Waals surface area contributed by atoms with Crippen molar-refractivity contribution in [2.24, 2.45) is 5.73 Å². The minimum absolute atomic E-state index is 0.0197. The third-order valence-corrected chi connectivity index (χ3v) is 6.84. The van der Waals surface area contributed by atoms with E-state index in [1.165, 1.54) is 13.8 Å². The molecule has 0 aliphatic carbocycles. The number of aliphatic hydroxyl groups is 8. The van der Waals surface area contributed by atoms with Crippen molar-refractivity contribution >= 4 is 5.91 Å². The Hall–Kier alpha value is -1.13. The van der Waals surface area contributed by atoms with Crippen LogP contribution in [0.2, 0.25) is 0 Å². The average molecular weight is 573 g/mol. The fourth-order valence-corrected chi connectivity index (χ4v) is 4.69. The minimum atomic E-state index is -1.81. The van der Waals surface area contributed by atoms with Gasteiger partial charge in [-0.05, 0) is 6.92 Å². The smallest absolute Gasteiger partial charge is 0.217 e. The van der Waals surface area contributed by atoms with Crippen molar-refractivity contribution in [2.75, 3.05) is 26.4 Å². The number of nitrogens with one attached hydrogen (secondary N) is 1.